The van der Waals surface area contributed by atoms with Gasteiger partial charge < -0.3 is 19.7 Å². The van der Waals surface area contributed by atoms with Gasteiger partial charge in [-0.15, -0.1) is 0 Å². The molecule has 0 unspecified atom stereocenters. The van der Waals surface area contributed by atoms with Crippen molar-refractivity contribution in [2.24, 2.45) is 7.05 Å². The Bertz CT molecular complexity index is 1070. The average molecular weight is 420 g/mol. The fraction of sp³-hybridized carbons (Fsp3) is 0.375. The van der Waals surface area contributed by atoms with Crippen molar-refractivity contribution in [3.63, 3.8) is 0 Å². The van der Waals surface area contributed by atoms with Gasteiger partial charge in [0.05, 0.1) is 17.6 Å². The Morgan fingerprint density at radius 2 is 1.84 bits per heavy atom. The number of likely N-dealkylation sites (tertiary alicyclic amines) is 1. The van der Waals surface area contributed by atoms with Crippen molar-refractivity contribution in [1.82, 2.24) is 24.7 Å². The van der Waals surface area contributed by atoms with E-state index in [1.807, 2.05) is 52.9 Å². The monoisotopic (exact) mass is 419 g/mol. The largest absolute Gasteiger partial charge is 0.339 e. The van der Waals surface area contributed by atoms with Crippen LogP contribution in [-0.2, 0) is 20.0 Å². The van der Waals surface area contributed by atoms with Crippen LogP contribution in [0, 0.1) is 0 Å². The molecule has 31 heavy (non-hydrogen) atoms. The maximum Gasteiger partial charge on any atom is 0.317 e. The van der Waals surface area contributed by atoms with E-state index in [1.54, 1.807) is 11.9 Å². The number of benzene rings is 2. The Labute approximate surface area is 182 Å². The molecule has 2 aromatic carbocycles. The molecule has 1 fully saturated rings. The number of aromatic nitrogens is 2. The van der Waals surface area contributed by atoms with Gasteiger partial charge in [0, 0.05) is 39.3 Å². The van der Waals surface area contributed by atoms with Crippen LogP contribution in [0.25, 0.3) is 11.0 Å². The molecular weight excluding hydrogens is 390 g/mol. The Morgan fingerprint density at radius 1 is 1.10 bits per heavy atom. The maximum absolute atomic E-state index is 12.7. The van der Waals surface area contributed by atoms with Gasteiger partial charge in [-0.25, -0.2) is 9.78 Å². The van der Waals surface area contributed by atoms with Gasteiger partial charge >= 0.3 is 6.03 Å². The highest BCUT2D eigenvalue weighted by atomic mass is 16.2. The molecule has 7 nitrogen and oxygen atoms in total. The molecular formula is C24H29N5O2. The average Bonchev–Trinajstić information content (AvgIpc) is 3.42. The van der Waals surface area contributed by atoms with Crippen molar-refractivity contribution in [2.45, 2.75) is 25.8 Å². The van der Waals surface area contributed by atoms with Crippen LogP contribution >= 0.6 is 0 Å². The zero-order chi connectivity index (χ0) is 21.8. The molecule has 0 atom stereocenters. The molecule has 3 aromatic rings. The van der Waals surface area contributed by atoms with Crippen molar-refractivity contribution >= 4 is 23.0 Å². The first-order valence-corrected chi connectivity index (χ1v) is 10.8. The van der Waals surface area contributed by atoms with Crippen LogP contribution in [0.1, 0.15) is 34.6 Å². The molecule has 0 aliphatic carbocycles. The molecule has 7 heteroatoms. The van der Waals surface area contributed by atoms with Crippen LogP contribution in [0.3, 0.4) is 0 Å². The number of carbonyl (C=O) groups excluding carboxylic acids is 2. The molecule has 1 aliphatic rings. The van der Waals surface area contributed by atoms with E-state index in [2.05, 4.69) is 17.4 Å². The summed E-state index contributed by atoms with van der Waals surface area (Å²) in [5.41, 5.74) is 3.59. The molecule has 162 valence electrons. The van der Waals surface area contributed by atoms with Gasteiger partial charge in [-0.05, 0) is 43.0 Å². The fourth-order valence-corrected chi connectivity index (χ4v) is 4.00. The maximum atomic E-state index is 12.7. The number of aryl methyl sites for hydroxylation is 1. The summed E-state index contributed by atoms with van der Waals surface area (Å²) in [6, 6.07) is 15.6. The van der Waals surface area contributed by atoms with Gasteiger partial charge in [0.25, 0.3) is 5.91 Å². The van der Waals surface area contributed by atoms with Crippen molar-refractivity contribution in [3.8, 4) is 0 Å². The summed E-state index contributed by atoms with van der Waals surface area (Å²) in [5, 5.41) is 2.96. The number of urea groups is 1. The summed E-state index contributed by atoms with van der Waals surface area (Å²) in [5.74, 6) is 0.850. The van der Waals surface area contributed by atoms with Crippen molar-refractivity contribution < 1.29 is 9.59 Å². The number of fused-ring (bicyclic) bond motifs is 1. The molecule has 0 spiro atoms. The van der Waals surface area contributed by atoms with E-state index in [-0.39, 0.29) is 11.9 Å². The third kappa shape index (κ3) is 4.71. The molecule has 1 N–H and O–H groups in total. The Kier molecular flexibility index (Phi) is 6.21. The molecule has 1 aliphatic heterocycles. The molecule has 2 heterocycles. The Balaban J connectivity index is 1.39. The lowest BCUT2D eigenvalue weighted by molar-refractivity contribution is 0.0793. The minimum atomic E-state index is -0.132. The number of nitrogens with zero attached hydrogens (tertiary/aromatic N) is 4. The minimum Gasteiger partial charge on any atom is -0.339 e. The SMILES string of the molecule is CN(Cc1nc2cc(C(=O)N3CCCC3)ccc2n1C)C(=O)NCCc1ccccc1. The number of hydrogen-bond acceptors (Lipinski definition) is 3. The highest BCUT2D eigenvalue weighted by molar-refractivity contribution is 5.97. The first kappa shape index (κ1) is 20.9. The second-order valence-electron chi connectivity index (χ2n) is 8.11. The van der Waals surface area contributed by atoms with Crippen LogP contribution < -0.4 is 5.32 Å². The topological polar surface area (TPSA) is 70.5 Å². The van der Waals surface area contributed by atoms with Gasteiger partial charge in [0.1, 0.15) is 5.82 Å². The van der Waals surface area contributed by atoms with E-state index < -0.39 is 0 Å². The Hall–Kier alpha value is -3.35. The molecule has 3 amide bonds. The first-order chi connectivity index (χ1) is 15.0. The van der Waals surface area contributed by atoms with Crippen molar-refractivity contribution in [3.05, 3.63) is 65.5 Å². The molecule has 1 aromatic heterocycles. The molecule has 1 saturated heterocycles. The van der Waals surface area contributed by atoms with E-state index in [4.69, 9.17) is 4.98 Å². The van der Waals surface area contributed by atoms with Gasteiger partial charge in [0.2, 0.25) is 0 Å². The van der Waals surface area contributed by atoms with Crippen LogP contribution in [0.15, 0.2) is 48.5 Å². The first-order valence-electron chi connectivity index (χ1n) is 10.8. The third-order valence-electron chi connectivity index (χ3n) is 5.87. The van der Waals surface area contributed by atoms with E-state index in [0.717, 1.165) is 49.2 Å². The van der Waals surface area contributed by atoms with E-state index in [0.29, 0.717) is 18.7 Å². The second-order valence-corrected chi connectivity index (χ2v) is 8.11. The molecule has 0 radical (unpaired) electrons. The summed E-state index contributed by atoms with van der Waals surface area (Å²) < 4.78 is 1.98. The summed E-state index contributed by atoms with van der Waals surface area (Å²) in [7, 11) is 3.70. The van der Waals surface area contributed by atoms with Gasteiger partial charge in [-0.3, -0.25) is 4.79 Å². The molecule has 4 rings (SSSR count). The second kappa shape index (κ2) is 9.20. The smallest absolute Gasteiger partial charge is 0.317 e. The summed E-state index contributed by atoms with van der Waals surface area (Å²) in [4.78, 5) is 33.4. The summed E-state index contributed by atoms with van der Waals surface area (Å²) >= 11 is 0. The normalized spacial score (nSPS) is 13.5. The number of hydrogen-bond donors (Lipinski definition) is 1. The fourth-order valence-electron chi connectivity index (χ4n) is 4.00. The van der Waals surface area contributed by atoms with Crippen LogP contribution in [0.5, 0.6) is 0 Å². The number of nitrogens with one attached hydrogen (secondary N) is 1. The van der Waals surface area contributed by atoms with Gasteiger partial charge in [0.15, 0.2) is 0 Å². The molecule has 0 bridgehead atoms. The van der Waals surface area contributed by atoms with Crippen molar-refractivity contribution in [2.75, 3.05) is 26.7 Å². The summed E-state index contributed by atoms with van der Waals surface area (Å²) in [6.45, 7) is 2.62. The van der Waals surface area contributed by atoms with Crippen molar-refractivity contribution in [1.29, 1.82) is 0 Å². The quantitative estimate of drug-likeness (QED) is 0.667. The predicted molar refractivity (Wildman–Crippen MR) is 121 cm³/mol. The number of carbonyl (C=O) groups is 2. The number of amides is 3. The van der Waals surface area contributed by atoms with E-state index in [9.17, 15) is 9.59 Å². The zero-order valence-electron chi connectivity index (χ0n) is 18.2. The van der Waals surface area contributed by atoms with E-state index >= 15 is 0 Å². The predicted octanol–water partition coefficient (Wildman–Crippen LogP) is 3.19. The van der Waals surface area contributed by atoms with Crippen LogP contribution in [-0.4, -0.2) is 58.0 Å². The lowest BCUT2D eigenvalue weighted by Crippen LogP contribution is -2.38. The van der Waals surface area contributed by atoms with Gasteiger partial charge in [-0.2, -0.15) is 0 Å². The molecule has 0 saturated carbocycles. The van der Waals surface area contributed by atoms with Crippen LogP contribution in [0.2, 0.25) is 0 Å². The highest BCUT2D eigenvalue weighted by Crippen LogP contribution is 2.20. The van der Waals surface area contributed by atoms with E-state index in [1.165, 1.54) is 5.56 Å². The highest BCUT2D eigenvalue weighted by Gasteiger charge is 2.21. The number of imidazole rings is 1. The Morgan fingerprint density at radius 3 is 2.58 bits per heavy atom. The van der Waals surface area contributed by atoms with Gasteiger partial charge in [-0.1, -0.05) is 30.3 Å². The zero-order valence-corrected chi connectivity index (χ0v) is 18.2. The minimum absolute atomic E-state index is 0.0708. The van der Waals surface area contributed by atoms with Crippen LogP contribution in [0.4, 0.5) is 4.79 Å². The lowest BCUT2D eigenvalue weighted by Gasteiger charge is -2.17. The lowest BCUT2D eigenvalue weighted by atomic mass is 10.1. The number of rotatable bonds is 6. The standard InChI is InChI=1S/C24H29N5O2/c1-27(24(31)25-13-12-18-8-4-3-5-9-18)17-22-26-20-16-19(10-11-21(20)28(22)2)23(30)29-14-6-7-15-29/h3-5,8-11,16H,6-7,12-15,17H2,1-2H3,(H,25,31). The summed E-state index contributed by atoms with van der Waals surface area (Å²) in [6.07, 6.45) is 2.93. The third-order valence-corrected chi connectivity index (χ3v) is 5.87.